The molecule has 2 aromatic rings. The minimum atomic E-state index is -5.88. The van der Waals surface area contributed by atoms with Crippen molar-refractivity contribution in [1.82, 2.24) is 0 Å². The summed E-state index contributed by atoms with van der Waals surface area (Å²) in [4.78, 5) is 1.25. The molecule has 3 N–H and O–H groups in total. The van der Waals surface area contributed by atoms with Crippen molar-refractivity contribution in [3.05, 3.63) is 53.3 Å². The Morgan fingerprint density at radius 1 is 0.634 bits per heavy atom. The van der Waals surface area contributed by atoms with E-state index in [1.165, 1.54) is 31.9 Å². The smallest absolute Gasteiger partial charge is 0.397 e. The number of carbonyl (C=O) groups excluding carboxylic acids is 1. The molecule has 0 saturated carbocycles. The number of hydrogen-bond acceptors (Lipinski definition) is 2. The van der Waals surface area contributed by atoms with Crippen LogP contribution in [0.3, 0.4) is 0 Å². The molecule has 0 aliphatic rings. The van der Waals surface area contributed by atoms with Gasteiger partial charge in [-0.1, -0.05) is 0 Å². The molecule has 0 bridgehead atoms. The van der Waals surface area contributed by atoms with Gasteiger partial charge in [-0.15, -0.1) is 0 Å². The van der Waals surface area contributed by atoms with Crippen LogP contribution in [-0.4, -0.2) is 27.9 Å². The van der Waals surface area contributed by atoms with Crippen LogP contribution in [-0.2, 0) is 16.1 Å². The molecule has 0 aromatic heterocycles. The normalized spacial score (nSPS) is 15.8. The zero-order valence-corrected chi connectivity index (χ0v) is 28.6. The molecular formula is C20H10Br6F12N2O. The van der Waals surface area contributed by atoms with Crippen LogP contribution in [0.4, 0.5) is 64.1 Å². The average Bonchev–Trinajstić information content (AvgIpc) is 2.75. The van der Waals surface area contributed by atoms with Gasteiger partial charge >= 0.3 is 33.4 Å². The molecule has 2 unspecified atom stereocenters. The summed E-state index contributed by atoms with van der Waals surface area (Å²) in [6, 6.07) is 2.17. The highest BCUT2D eigenvalue weighted by Gasteiger charge is 2.72. The van der Waals surface area contributed by atoms with E-state index in [1.54, 1.807) is 0 Å². The van der Waals surface area contributed by atoms with Crippen LogP contribution in [0, 0.1) is 0 Å². The lowest BCUT2D eigenvalue weighted by Crippen LogP contribution is -2.49. The average molecular weight is 1000 g/mol. The Labute approximate surface area is 273 Å². The van der Waals surface area contributed by atoms with E-state index >= 15 is 0 Å². The van der Waals surface area contributed by atoms with Crippen LogP contribution >= 0.6 is 95.6 Å². The number of nitrogen functional groups attached to an aromatic ring is 1. The zero-order valence-electron chi connectivity index (χ0n) is 19.1. The molecule has 0 heterocycles. The third kappa shape index (κ3) is 8.08. The van der Waals surface area contributed by atoms with Crippen LogP contribution < -0.4 is 11.1 Å². The summed E-state index contributed by atoms with van der Waals surface area (Å²) in [6.45, 7) is 1.13. The summed E-state index contributed by atoms with van der Waals surface area (Å²) < 4.78 is 157. The van der Waals surface area contributed by atoms with E-state index in [9.17, 15) is 57.5 Å². The summed E-state index contributed by atoms with van der Waals surface area (Å²) in [5.74, 6) is -0.553. The van der Waals surface area contributed by atoms with E-state index in [4.69, 9.17) is 5.73 Å². The van der Waals surface area contributed by atoms with Gasteiger partial charge in [-0.2, -0.15) is 43.9 Å². The first-order valence-corrected chi connectivity index (χ1v) is 14.5. The summed E-state index contributed by atoms with van der Waals surface area (Å²) in [5.41, 5.74) is -7.11. The fourth-order valence-electron chi connectivity index (χ4n) is 2.83. The molecule has 0 saturated heterocycles. The third-order valence-electron chi connectivity index (χ3n) is 4.78. The second-order valence-corrected chi connectivity index (χ2v) is 13.1. The topological polar surface area (TPSA) is 55.1 Å². The predicted molar refractivity (Wildman–Crippen MR) is 148 cm³/mol. The summed E-state index contributed by atoms with van der Waals surface area (Å²) in [6.07, 6.45) is -11.7. The van der Waals surface area contributed by atoms with Crippen LogP contribution in [0.5, 0.6) is 0 Å². The van der Waals surface area contributed by atoms with Crippen molar-refractivity contribution in [2.45, 2.75) is 40.3 Å². The predicted octanol–water partition coefficient (Wildman–Crippen LogP) is 11.4. The Morgan fingerprint density at radius 3 is 1.12 bits per heavy atom. The quantitative estimate of drug-likeness (QED) is 0.178. The fraction of sp³-hybridized carbons (Fsp3) is 0.350. The van der Waals surface area contributed by atoms with E-state index in [-0.39, 0.29) is 29.3 Å². The number of rotatable bonds is 5. The van der Waals surface area contributed by atoms with Crippen molar-refractivity contribution in [3.63, 3.8) is 0 Å². The number of nitrogens with one attached hydrogen (secondary N) is 1. The SMILES string of the molecule is CC(=O)Nc1c(Br)cc(C(F)(C(F)(F)F)C(F)(F)Br)cc1Br.Nc1c(Br)cc(C(F)(C(F)(F)F)C(F)(F)Br)cc1Br. The first-order chi connectivity index (χ1) is 18.0. The van der Waals surface area contributed by atoms with Gasteiger partial charge in [-0.25, -0.2) is 8.78 Å². The number of hydrogen-bond donors (Lipinski definition) is 2. The maximum absolute atomic E-state index is 14.2. The van der Waals surface area contributed by atoms with Crippen molar-refractivity contribution in [2.75, 3.05) is 11.1 Å². The Hall–Kier alpha value is -0.250. The van der Waals surface area contributed by atoms with E-state index in [1.807, 2.05) is 0 Å². The van der Waals surface area contributed by atoms with E-state index in [0.717, 1.165) is 6.92 Å². The second-order valence-electron chi connectivity index (χ2n) is 7.66. The third-order valence-corrected chi connectivity index (χ3v) is 8.44. The highest BCUT2D eigenvalue weighted by molar-refractivity contribution is 9.11. The van der Waals surface area contributed by atoms with Crippen LogP contribution in [0.25, 0.3) is 0 Å². The first kappa shape index (κ1) is 38.8. The zero-order chi connectivity index (χ0) is 32.7. The molecule has 2 aromatic carbocycles. The highest BCUT2D eigenvalue weighted by Crippen LogP contribution is 2.57. The lowest BCUT2D eigenvalue weighted by Gasteiger charge is -2.32. The largest absolute Gasteiger partial charge is 0.433 e. The Kier molecular flexibility index (Phi) is 12.3. The first-order valence-electron chi connectivity index (χ1n) is 9.70. The van der Waals surface area contributed by atoms with Crippen LogP contribution in [0.2, 0.25) is 0 Å². The van der Waals surface area contributed by atoms with Gasteiger partial charge in [-0.05, 0) is 120 Å². The van der Waals surface area contributed by atoms with Crippen LogP contribution in [0.1, 0.15) is 18.1 Å². The monoisotopic (exact) mass is 996 g/mol. The van der Waals surface area contributed by atoms with E-state index in [0.29, 0.717) is 24.3 Å². The molecule has 0 spiro atoms. The molecule has 1 amide bonds. The van der Waals surface area contributed by atoms with Gasteiger partial charge in [0.05, 0.1) is 11.4 Å². The van der Waals surface area contributed by atoms with E-state index < -0.39 is 50.4 Å². The number of benzene rings is 2. The molecular weight excluding hydrogens is 992 g/mol. The molecule has 0 radical (unpaired) electrons. The van der Waals surface area contributed by atoms with Crippen molar-refractivity contribution in [2.24, 2.45) is 0 Å². The van der Waals surface area contributed by atoms with Gasteiger partial charge in [0.1, 0.15) is 0 Å². The number of carbonyl (C=O) groups is 1. The molecule has 0 fully saturated rings. The van der Waals surface area contributed by atoms with Gasteiger partial charge < -0.3 is 11.1 Å². The van der Waals surface area contributed by atoms with Gasteiger partial charge in [0, 0.05) is 35.9 Å². The molecule has 41 heavy (non-hydrogen) atoms. The number of halogens is 18. The molecule has 0 aliphatic carbocycles. The summed E-state index contributed by atoms with van der Waals surface area (Å²) >= 11 is 14.1. The summed E-state index contributed by atoms with van der Waals surface area (Å²) in [5, 5.41) is 2.26. The van der Waals surface area contributed by atoms with Gasteiger partial charge in [0.15, 0.2) is 0 Å². The molecule has 2 atom stereocenters. The standard InChI is InChI=1S/C11H6Br3F6NO.C9H4Br3F6N/c1-4(22)21-8-6(12)2-5(3-7(8)13)9(15,10(14,16)17)11(18,19)20;10-4-1-3(2-5(11)6(4)19)7(13,8(12,14)15)9(16,17)18/h2-3H,1H3,(H,21,22);1-2H,19H2. The molecule has 2 rings (SSSR count). The maximum atomic E-state index is 14.2. The van der Waals surface area contributed by atoms with Crippen molar-refractivity contribution < 1.29 is 57.5 Å². The number of alkyl halides is 14. The van der Waals surface area contributed by atoms with Gasteiger partial charge in [0.25, 0.3) is 0 Å². The Morgan fingerprint density at radius 2 is 0.902 bits per heavy atom. The van der Waals surface area contributed by atoms with Crippen LogP contribution in [0.15, 0.2) is 42.2 Å². The highest BCUT2D eigenvalue weighted by atomic mass is 79.9. The molecule has 232 valence electrons. The van der Waals surface area contributed by atoms with Crippen molar-refractivity contribution in [3.8, 4) is 0 Å². The Bertz CT molecular complexity index is 1220. The lowest BCUT2D eigenvalue weighted by molar-refractivity contribution is -0.282. The maximum Gasteiger partial charge on any atom is 0.433 e. The lowest BCUT2D eigenvalue weighted by atomic mass is 9.95. The van der Waals surface area contributed by atoms with Gasteiger partial charge in [-0.3, -0.25) is 4.79 Å². The number of anilines is 2. The fourth-order valence-corrected chi connectivity index (χ4v) is 6.31. The molecule has 3 nitrogen and oxygen atoms in total. The van der Waals surface area contributed by atoms with Gasteiger partial charge in [0.2, 0.25) is 5.91 Å². The molecule has 21 heteroatoms. The second kappa shape index (κ2) is 13.0. The van der Waals surface area contributed by atoms with E-state index in [2.05, 4.69) is 69.0 Å². The number of amides is 1. The minimum absolute atomic E-state index is 0.0151. The number of nitrogens with two attached hydrogens (primary N) is 1. The minimum Gasteiger partial charge on any atom is -0.397 e. The van der Waals surface area contributed by atoms with Crippen molar-refractivity contribution in [1.29, 1.82) is 0 Å². The Balaban J connectivity index is 0.000000414. The molecule has 0 aliphatic heterocycles. The summed E-state index contributed by atoms with van der Waals surface area (Å²) in [7, 11) is 0. The van der Waals surface area contributed by atoms with Crippen molar-refractivity contribution >= 4 is 113 Å².